The van der Waals surface area contributed by atoms with E-state index in [-0.39, 0.29) is 18.6 Å². The molecule has 1 saturated heterocycles. The zero-order chi connectivity index (χ0) is 27.7. The van der Waals surface area contributed by atoms with Crippen LogP contribution in [-0.4, -0.2) is 51.2 Å². The summed E-state index contributed by atoms with van der Waals surface area (Å²) in [6.07, 6.45) is 1.85. The van der Waals surface area contributed by atoms with E-state index in [1.807, 2.05) is 78.9 Å². The monoisotopic (exact) mass is 537 g/mol. The van der Waals surface area contributed by atoms with Gasteiger partial charge < -0.3 is 14.7 Å². The molecule has 1 aliphatic carbocycles. The van der Waals surface area contributed by atoms with Crippen LogP contribution in [0.1, 0.15) is 30.4 Å². The van der Waals surface area contributed by atoms with E-state index in [0.29, 0.717) is 30.9 Å². The Bertz CT molecular complexity index is 1540. The number of para-hydroxylation sites is 1. The average molecular weight is 538 g/mol. The largest absolute Gasteiger partial charge is 0.489 e. The van der Waals surface area contributed by atoms with Crippen LogP contribution in [0.4, 0.5) is 0 Å². The number of aromatic nitrogens is 1. The molecule has 40 heavy (non-hydrogen) atoms. The third kappa shape index (κ3) is 4.59. The molecule has 2 heterocycles. The normalized spacial score (nSPS) is 21.8. The van der Waals surface area contributed by atoms with E-state index in [9.17, 15) is 19.9 Å². The number of carbonyl (C=O) groups excluding carboxylic acids is 2. The molecule has 2 fully saturated rings. The number of amides is 2. The molecule has 4 aromatic rings. The van der Waals surface area contributed by atoms with Crippen LogP contribution in [-0.2, 0) is 21.6 Å². The van der Waals surface area contributed by atoms with Crippen LogP contribution in [0.25, 0.3) is 22.2 Å². The number of fused-ring (bicyclic) bond motifs is 1. The van der Waals surface area contributed by atoms with Gasteiger partial charge in [0.2, 0.25) is 11.8 Å². The molecule has 8 nitrogen and oxygen atoms in total. The SMILES string of the molecule is O=C(NO)[C@H]1C[C@@]1(C(=O)N1CCC[C@@H]1CO)c1ccc(OCc2cc(-c3ccccc3)nc3ccccc23)cc1. The molecule has 3 N–H and O–H groups in total. The summed E-state index contributed by atoms with van der Waals surface area (Å²) >= 11 is 0. The van der Waals surface area contributed by atoms with Crippen molar-refractivity contribution >= 4 is 22.7 Å². The smallest absolute Gasteiger partial charge is 0.247 e. The first-order chi connectivity index (χ1) is 19.5. The van der Waals surface area contributed by atoms with Crippen molar-refractivity contribution < 1.29 is 24.6 Å². The lowest BCUT2D eigenvalue weighted by atomic mass is 9.90. The van der Waals surface area contributed by atoms with E-state index in [1.54, 1.807) is 10.4 Å². The van der Waals surface area contributed by atoms with E-state index >= 15 is 0 Å². The van der Waals surface area contributed by atoms with E-state index in [4.69, 9.17) is 9.72 Å². The second-order valence-electron chi connectivity index (χ2n) is 10.5. The summed E-state index contributed by atoms with van der Waals surface area (Å²) in [6.45, 7) is 0.764. The number of benzene rings is 3. The number of carbonyl (C=O) groups is 2. The Kier molecular flexibility index (Phi) is 6.96. The highest BCUT2D eigenvalue weighted by atomic mass is 16.5. The number of hydrogen-bond acceptors (Lipinski definition) is 6. The fourth-order valence-corrected chi connectivity index (χ4v) is 6.02. The Labute approximate surface area is 232 Å². The van der Waals surface area contributed by atoms with Crippen LogP contribution in [0.3, 0.4) is 0 Å². The van der Waals surface area contributed by atoms with Crippen molar-refractivity contribution in [2.45, 2.75) is 37.3 Å². The van der Waals surface area contributed by atoms with Crippen molar-refractivity contribution in [1.82, 2.24) is 15.4 Å². The number of nitrogens with zero attached hydrogens (tertiary/aromatic N) is 2. The Morgan fingerprint density at radius 1 is 1.02 bits per heavy atom. The number of hydrogen-bond donors (Lipinski definition) is 3. The van der Waals surface area contributed by atoms with Crippen molar-refractivity contribution in [3.63, 3.8) is 0 Å². The van der Waals surface area contributed by atoms with Gasteiger partial charge >= 0.3 is 0 Å². The van der Waals surface area contributed by atoms with Crippen LogP contribution in [0.15, 0.2) is 84.9 Å². The summed E-state index contributed by atoms with van der Waals surface area (Å²) in [5, 5.41) is 20.1. The molecule has 2 amide bonds. The van der Waals surface area contributed by atoms with Crippen LogP contribution < -0.4 is 10.2 Å². The maximum atomic E-state index is 13.7. The van der Waals surface area contributed by atoms with E-state index in [1.165, 1.54) is 0 Å². The number of ether oxygens (including phenoxy) is 1. The molecule has 204 valence electrons. The van der Waals surface area contributed by atoms with Crippen molar-refractivity contribution in [2.24, 2.45) is 5.92 Å². The predicted octanol–water partition coefficient (Wildman–Crippen LogP) is 4.23. The average Bonchev–Trinajstić information content (AvgIpc) is 3.59. The zero-order valence-electron chi connectivity index (χ0n) is 22.0. The lowest BCUT2D eigenvalue weighted by molar-refractivity contribution is -0.139. The van der Waals surface area contributed by atoms with E-state index in [0.717, 1.165) is 40.6 Å². The first-order valence-electron chi connectivity index (χ1n) is 13.6. The molecule has 8 heteroatoms. The number of pyridine rings is 1. The lowest BCUT2D eigenvalue weighted by Gasteiger charge is -2.29. The Balaban J connectivity index is 1.25. The van der Waals surface area contributed by atoms with Gasteiger partial charge in [0.25, 0.3) is 0 Å². The fraction of sp³-hybridized carbons (Fsp3) is 0.281. The highest BCUT2D eigenvalue weighted by Crippen LogP contribution is 2.56. The molecule has 3 aromatic carbocycles. The van der Waals surface area contributed by atoms with Gasteiger partial charge in [-0.25, -0.2) is 10.5 Å². The maximum absolute atomic E-state index is 13.7. The predicted molar refractivity (Wildman–Crippen MR) is 149 cm³/mol. The summed E-state index contributed by atoms with van der Waals surface area (Å²) in [7, 11) is 0. The highest BCUT2D eigenvalue weighted by molar-refractivity contribution is 6.00. The van der Waals surface area contributed by atoms with Crippen molar-refractivity contribution in [3.05, 3.63) is 96.1 Å². The molecule has 0 unspecified atom stereocenters. The topological polar surface area (TPSA) is 112 Å². The van der Waals surface area contributed by atoms with Crippen LogP contribution in [0, 0.1) is 5.92 Å². The van der Waals surface area contributed by atoms with Crippen LogP contribution in [0.2, 0.25) is 0 Å². The third-order valence-electron chi connectivity index (χ3n) is 8.25. The number of likely N-dealkylation sites (tertiary alicyclic amines) is 1. The third-order valence-corrected chi connectivity index (χ3v) is 8.25. The number of hydroxylamine groups is 1. The van der Waals surface area contributed by atoms with Crippen LogP contribution in [0.5, 0.6) is 5.75 Å². The molecule has 0 spiro atoms. The lowest BCUT2D eigenvalue weighted by Crippen LogP contribution is -2.45. The Morgan fingerprint density at radius 3 is 2.52 bits per heavy atom. The summed E-state index contributed by atoms with van der Waals surface area (Å²) < 4.78 is 6.19. The van der Waals surface area contributed by atoms with Gasteiger partial charge in [-0.3, -0.25) is 14.8 Å². The van der Waals surface area contributed by atoms with E-state index in [2.05, 4.69) is 6.07 Å². The molecular weight excluding hydrogens is 506 g/mol. The van der Waals surface area contributed by atoms with Gasteiger partial charge in [-0.2, -0.15) is 0 Å². The minimum Gasteiger partial charge on any atom is -0.489 e. The number of aliphatic hydroxyl groups is 1. The first kappa shape index (κ1) is 26.0. The van der Waals surface area contributed by atoms with Gasteiger partial charge in [0.1, 0.15) is 12.4 Å². The van der Waals surface area contributed by atoms with Crippen molar-refractivity contribution in [1.29, 1.82) is 0 Å². The minimum absolute atomic E-state index is 0.110. The first-order valence-corrected chi connectivity index (χ1v) is 13.6. The van der Waals surface area contributed by atoms with Crippen LogP contribution >= 0.6 is 0 Å². The summed E-state index contributed by atoms with van der Waals surface area (Å²) in [5.74, 6) is -0.793. The number of nitrogens with one attached hydrogen (secondary N) is 1. The molecular formula is C32H31N3O5. The number of rotatable bonds is 8. The fourth-order valence-electron chi connectivity index (χ4n) is 6.02. The molecule has 1 aromatic heterocycles. The second-order valence-corrected chi connectivity index (χ2v) is 10.5. The van der Waals surface area contributed by atoms with Gasteiger partial charge in [-0.05, 0) is 49.1 Å². The Morgan fingerprint density at radius 2 is 1.77 bits per heavy atom. The summed E-state index contributed by atoms with van der Waals surface area (Å²) in [4.78, 5) is 32.6. The quantitative estimate of drug-likeness (QED) is 0.229. The van der Waals surface area contributed by atoms with E-state index < -0.39 is 17.2 Å². The molecule has 3 atom stereocenters. The van der Waals surface area contributed by atoms with Gasteiger partial charge in [0.05, 0.1) is 35.2 Å². The molecule has 1 saturated carbocycles. The van der Waals surface area contributed by atoms with Gasteiger partial charge in [-0.15, -0.1) is 0 Å². The molecule has 0 bridgehead atoms. The van der Waals surface area contributed by atoms with Crippen molar-refractivity contribution in [3.8, 4) is 17.0 Å². The van der Waals surface area contributed by atoms with Gasteiger partial charge in [0, 0.05) is 23.1 Å². The molecule has 2 aliphatic rings. The van der Waals surface area contributed by atoms with Crippen molar-refractivity contribution in [2.75, 3.05) is 13.2 Å². The standard InChI is InChI=1S/C32H31N3O5/c36-19-24-9-6-16-35(24)31(38)32(18-27(32)30(37)34-39)23-12-14-25(15-13-23)40-20-22-17-29(21-7-2-1-3-8-21)33-28-11-5-4-10-26(22)28/h1-5,7-8,10-15,17,24,27,36,39H,6,9,16,18-20H2,(H,34,37)/t24-,27-,32-/m1/s1. The highest BCUT2D eigenvalue weighted by Gasteiger charge is 2.66. The van der Waals surface area contributed by atoms with Gasteiger partial charge in [0.15, 0.2) is 0 Å². The molecule has 0 radical (unpaired) electrons. The summed E-state index contributed by atoms with van der Waals surface area (Å²) in [5.41, 5.74) is 5.15. The zero-order valence-corrected chi connectivity index (χ0v) is 22.0. The molecule has 6 rings (SSSR count). The molecule has 1 aliphatic heterocycles. The minimum atomic E-state index is -1.06. The Hall–Kier alpha value is -4.27. The maximum Gasteiger partial charge on any atom is 0.247 e. The second kappa shape index (κ2) is 10.7. The summed E-state index contributed by atoms with van der Waals surface area (Å²) in [6, 6.07) is 27.1. The van der Waals surface area contributed by atoms with Gasteiger partial charge in [-0.1, -0.05) is 60.7 Å². The number of aliphatic hydroxyl groups excluding tert-OH is 1.